The number of aromatic carboxylic acids is 1. The van der Waals surface area contributed by atoms with Crippen molar-refractivity contribution in [2.24, 2.45) is 0 Å². The maximum atomic E-state index is 11.2. The van der Waals surface area contributed by atoms with Crippen molar-refractivity contribution in [2.75, 3.05) is 7.11 Å². The molecule has 0 unspecified atom stereocenters. The molecular weight excluding hydrogens is 244 g/mol. The summed E-state index contributed by atoms with van der Waals surface area (Å²) in [5, 5.41) is 9.21. The lowest BCUT2D eigenvalue weighted by Gasteiger charge is -2.10. The van der Waals surface area contributed by atoms with Crippen molar-refractivity contribution in [1.29, 1.82) is 0 Å². The zero-order chi connectivity index (χ0) is 14.2. The number of carboxylic acids is 1. The molecule has 5 heteroatoms. The molecule has 0 spiro atoms. The van der Waals surface area contributed by atoms with Crippen LogP contribution in [0, 0.1) is 20.8 Å². The van der Waals surface area contributed by atoms with Gasteiger partial charge in [-0.1, -0.05) is 0 Å². The van der Waals surface area contributed by atoms with Crippen molar-refractivity contribution in [3.8, 4) is 17.0 Å². The number of hydrogen-bond donors (Lipinski definition) is 2. The second kappa shape index (κ2) is 4.76. The Morgan fingerprint density at radius 2 is 1.95 bits per heavy atom. The summed E-state index contributed by atoms with van der Waals surface area (Å²) in [5.41, 5.74) is 3.26. The predicted octanol–water partition coefficient (Wildman–Crippen LogP) is 2.71. The first kappa shape index (κ1) is 13.1. The number of methoxy groups -OCH3 is 1. The highest BCUT2D eigenvalue weighted by Gasteiger charge is 2.19. The summed E-state index contributed by atoms with van der Waals surface area (Å²) in [4.78, 5) is 18.3. The van der Waals surface area contributed by atoms with Crippen molar-refractivity contribution >= 4 is 5.97 Å². The van der Waals surface area contributed by atoms with Crippen LogP contribution in [0.3, 0.4) is 0 Å². The number of aromatic amines is 1. The van der Waals surface area contributed by atoms with Crippen LogP contribution in [-0.4, -0.2) is 28.2 Å². The molecule has 1 aromatic heterocycles. The molecule has 5 nitrogen and oxygen atoms in total. The molecule has 19 heavy (non-hydrogen) atoms. The molecule has 0 aliphatic heterocycles. The molecule has 0 radical (unpaired) electrons. The standard InChI is InChI=1S/C14H16N2O3/c1-7-6-11(19-4)8(2)5-10(7)12-13(14(17)18)16-9(3)15-12/h5-6H,1-4H3,(H,15,16)(H,17,18). The van der Waals surface area contributed by atoms with Crippen LogP contribution >= 0.6 is 0 Å². The molecule has 2 aromatic rings. The van der Waals surface area contributed by atoms with Crippen LogP contribution in [0.4, 0.5) is 0 Å². The molecule has 100 valence electrons. The minimum atomic E-state index is -1.01. The van der Waals surface area contributed by atoms with Gasteiger partial charge in [-0.05, 0) is 44.0 Å². The van der Waals surface area contributed by atoms with Gasteiger partial charge in [0.1, 0.15) is 17.3 Å². The van der Waals surface area contributed by atoms with Gasteiger partial charge in [0, 0.05) is 5.56 Å². The lowest BCUT2D eigenvalue weighted by atomic mass is 10.0. The Kier molecular flexibility index (Phi) is 3.29. The Morgan fingerprint density at radius 1 is 1.26 bits per heavy atom. The molecule has 1 heterocycles. The minimum Gasteiger partial charge on any atom is -0.496 e. The van der Waals surface area contributed by atoms with Gasteiger partial charge in [-0.3, -0.25) is 0 Å². The average molecular weight is 260 g/mol. The first-order valence-electron chi connectivity index (χ1n) is 5.89. The fourth-order valence-corrected chi connectivity index (χ4v) is 2.11. The average Bonchev–Trinajstić information content (AvgIpc) is 2.73. The van der Waals surface area contributed by atoms with E-state index in [0.717, 1.165) is 22.4 Å². The fraction of sp³-hybridized carbons (Fsp3) is 0.286. The van der Waals surface area contributed by atoms with E-state index in [2.05, 4.69) is 9.97 Å². The monoisotopic (exact) mass is 260 g/mol. The highest BCUT2D eigenvalue weighted by Crippen LogP contribution is 2.31. The quantitative estimate of drug-likeness (QED) is 0.889. The van der Waals surface area contributed by atoms with Crippen LogP contribution < -0.4 is 4.74 Å². The summed E-state index contributed by atoms with van der Waals surface area (Å²) in [6, 6.07) is 3.79. The van der Waals surface area contributed by atoms with Crippen LogP contribution in [0.1, 0.15) is 27.4 Å². The SMILES string of the molecule is COc1cc(C)c(-c2nc(C)[nH]c2C(=O)O)cc1C. The molecule has 2 rings (SSSR count). The molecule has 0 bridgehead atoms. The van der Waals surface area contributed by atoms with Crippen molar-refractivity contribution in [3.05, 3.63) is 34.8 Å². The van der Waals surface area contributed by atoms with Gasteiger partial charge in [-0.25, -0.2) is 9.78 Å². The van der Waals surface area contributed by atoms with E-state index < -0.39 is 5.97 Å². The zero-order valence-electron chi connectivity index (χ0n) is 11.4. The summed E-state index contributed by atoms with van der Waals surface area (Å²) in [6.45, 7) is 5.57. The van der Waals surface area contributed by atoms with Gasteiger partial charge >= 0.3 is 5.97 Å². The Hall–Kier alpha value is -2.30. The zero-order valence-corrected chi connectivity index (χ0v) is 11.4. The van der Waals surface area contributed by atoms with Gasteiger partial charge < -0.3 is 14.8 Å². The minimum absolute atomic E-state index is 0.116. The maximum absolute atomic E-state index is 11.2. The molecular formula is C14H16N2O3. The van der Waals surface area contributed by atoms with Gasteiger partial charge in [0.25, 0.3) is 0 Å². The van der Waals surface area contributed by atoms with E-state index >= 15 is 0 Å². The molecule has 0 saturated heterocycles. The van der Waals surface area contributed by atoms with E-state index in [1.807, 2.05) is 26.0 Å². The van der Waals surface area contributed by atoms with Crippen molar-refractivity contribution in [2.45, 2.75) is 20.8 Å². The Labute approximate surface area is 111 Å². The summed E-state index contributed by atoms with van der Waals surface area (Å²) < 4.78 is 5.26. The molecule has 0 fully saturated rings. The predicted molar refractivity (Wildman–Crippen MR) is 71.7 cm³/mol. The number of carboxylic acid groups (broad SMARTS) is 1. The van der Waals surface area contributed by atoms with Gasteiger partial charge in [0.2, 0.25) is 0 Å². The number of ether oxygens (including phenoxy) is 1. The summed E-state index contributed by atoms with van der Waals surface area (Å²) in [5.74, 6) is 0.356. The van der Waals surface area contributed by atoms with Crippen LogP contribution in [0.2, 0.25) is 0 Å². The second-order valence-electron chi connectivity index (χ2n) is 4.49. The number of carbonyl (C=O) groups is 1. The first-order valence-corrected chi connectivity index (χ1v) is 5.89. The molecule has 2 N–H and O–H groups in total. The van der Waals surface area contributed by atoms with Crippen molar-refractivity contribution in [1.82, 2.24) is 9.97 Å². The van der Waals surface area contributed by atoms with E-state index in [-0.39, 0.29) is 5.69 Å². The molecule has 0 aliphatic rings. The fourth-order valence-electron chi connectivity index (χ4n) is 2.11. The van der Waals surface area contributed by atoms with Crippen LogP contribution in [0.5, 0.6) is 5.75 Å². The number of aryl methyl sites for hydroxylation is 3. The highest BCUT2D eigenvalue weighted by atomic mass is 16.5. The topological polar surface area (TPSA) is 75.2 Å². The van der Waals surface area contributed by atoms with E-state index in [4.69, 9.17) is 4.74 Å². The number of nitrogens with zero attached hydrogens (tertiary/aromatic N) is 1. The lowest BCUT2D eigenvalue weighted by Crippen LogP contribution is -2.00. The normalized spacial score (nSPS) is 10.5. The van der Waals surface area contributed by atoms with E-state index in [1.54, 1.807) is 14.0 Å². The van der Waals surface area contributed by atoms with Crippen LogP contribution in [0.15, 0.2) is 12.1 Å². The third-order valence-electron chi connectivity index (χ3n) is 3.03. The van der Waals surface area contributed by atoms with Crippen molar-refractivity contribution in [3.63, 3.8) is 0 Å². The highest BCUT2D eigenvalue weighted by molar-refractivity contribution is 5.93. The van der Waals surface area contributed by atoms with E-state index in [1.165, 1.54) is 0 Å². The third-order valence-corrected chi connectivity index (χ3v) is 3.03. The van der Waals surface area contributed by atoms with Gasteiger partial charge in [-0.2, -0.15) is 0 Å². The number of hydrogen-bond acceptors (Lipinski definition) is 3. The Morgan fingerprint density at radius 3 is 2.53 bits per heavy atom. The molecule has 0 atom stereocenters. The van der Waals surface area contributed by atoms with Gasteiger partial charge in [0.05, 0.1) is 7.11 Å². The largest absolute Gasteiger partial charge is 0.496 e. The smallest absolute Gasteiger partial charge is 0.354 e. The number of H-pyrrole nitrogens is 1. The lowest BCUT2D eigenvalue weighted by molar-refractivity contribution is 0.0692. The molecule has 0 amide bonds. The van der Waals surface area contributed by atoms with Crippen molar-refractivity contribution < 1.29 is 14.6 Å². The van der Waals surface area contributed by atoms with Crippen LogP contribution in [-0.2, 0) is 0 Å². The summed E-state index contributed by atoms with van der Waals surface area (Å²) in [6.07, 6.45) is 0. The second-order valence-corrected chi connectivity index (χ2v) is 4.49. The number of imidazole rings is 1. The van der Waals surface area contributed by atoms with Gasteiger partial charge in [-0.15, -0.1) is 0 Å². The van der Waals surface area contributed by atoms with E-state index in [0.29, 0.717) is 11.5 Å². The molecule has 1 aromatic carbocycles. The van der Waals surface area contributed by atoms with Gasteiger partial charge in [0.15, 0.2) is 5.69 Å². The Balaban J connectivity index is 2.65. The van der Waals surface area contributed by atoms with E-state index in [9.17, 15) is 9.90 Å². The maximum Gasteiger partial charge on any atom is 0.354 e. The Bertz CT molecular complexity index is 644. The first-order chi connectivity index (χ1) is 8.93. The number of aromatic nitrogens is 2. The summed E-state index contributed by atoms with van der Waals surface area (Å²) in [7, 11) is 1.61. The number of benzene rings is 1. The van der Waals surface area contributed by atoms with Crippen LogP contribution in [0.25, 0.3) is 11.3 Å². The molecule has 0 saturated carbocycles. The summed E-state index contributed by atoms with van der Waals surface area (Å²) >= 11 is 0. The number of nitrogens with one attached hydrogen (secondary N) is 1. The number of rotatable bonds is 3. The molecule has 0 aliphatic carbocycles. The third kappa shape index (κ3) is 2.31.